The molecule has 0 amide bonds. The Kier molecular flexibility index (Phi) is 10.5. The average molecular weight is 1020 g/mol. The normalized spacial score (nSPS) is 13.8. The van der Waals surface area contributed by atoms with Crippen molar-refractivity contribution in [2.75, 3.05) is 0 Å². The fraction of sp³-hybridized carbons (Fsp3) is 0.308. The van der Waals surface area contributed by atoms with Crippen molar-refractivity contribution in [1.82, 2.24) is 0 Å². The van der Waals surface area contributed by atoms with Gasteiger partial charge in [0, 0.05) is 0 Å². The predicted molar refractivity (Wildman–Crippen MR) is 346 cm³/mol. The first-order chi connectivity index (χ1) is 36.4. The quantitative estimate of drug-likeness (QED) is 0.155. The van der Waals surface area contributed by atoms with Crippen LogP contribution in [-0.2, 0) is 32.5 Å². The molecule has 0 nitrogen and oxygen atoms in total. The summed E-state index contributed by atoms with van der Waals surface area (Å²) in [5, 5.41) is 23.9. The van der Waals surface area contributed by atoms with Crippen LogP contribution in [0.5, 0.6) is 0 Å². The minimum absolute atomic E-state index is 0.0180. The summed E-state index contributed by atoms with van der Waals surface area (Å²) < 4.78 is 0. The van der Waals surface area contributed by atoms with Gasteiger partial charge in [0.1, 0.15) is 0 Å². The van der Waals surface area contributed by atoms with E-state index in [1.54, 1.807) is 0 Å². The van der Waals surface area contributed by atoms with E-state index in [0.717, 1.165) is 0 Å². The van der Waals surface area contributed by atoms with Gasteiger partial charge in [0.2, 0.25) is 0 Å². The molecule has 0 aliphatic heterocycles. The Bertz CT molecular complexity index is 4140. The maximum absolute atomic E-state index is 2.57. The van der Waals surface area contributed by atoms with Gasteiger partial charge in [-0.05, 0) is 251 Å². The molecular formula is C78H78. The van der Waals surface area contributed by atoms with Crippen LogP contribution in [-0.4, -0.2) is 0 Å². The van der Waals surface area contributed by atoms with Crippen molar-refractivity contribution >= 4 is 97.0 Å². The van der Waals surface area contributed by atoms with E-state index in [1.165, 1.54) is 164 Å². The van der Waals surface area contributed by atoms with Crippen LogP contribution in [0.4, 0.5) is 0 Å². The zero-order valence-corrected chi connectivity index (χ0v) is 49.9. The van der Waals surface area contributed by atoms with Crippen LogP contribution in [0.15, 0.2) is 146 Å². The van der Waals surface area contributed by atoms with E-state index in [9.17, 15) is 0 Å². The standard InChI is InChI=1S/C78H78/c1-73(2,3)55-28-43-19-22-46-31-58(76(10,11)12)40-64-61(37-52(34-55)67(43)70(46)64)49-25-50(62-38-53-35-56(74(4,5)6)29-44-20-23-47-32-59(77(13,14)15)41-65(62)71(47)68(44)53)27-51(26-49)63-39-54-36-57(75(7,8)9)30-45-21-24-48-33-60(78(16,17)18)42-66(63)72(48)69(45)54/h19-42H,1-18H3. The number of hydrogen-bond donors (Lipinski definition) is 0. The van der Waals surface area contributed by atoms with Gasteiger partial charge in [0.25, 0.3) is 0 Å². The first-order valence-corrected chi connectivity index (χ1v) is 28.9. The SMILES string of the molecule is CC(C)(C)c1cc2ccc3cc(C(C)(C)C)cc4c(-c5cc(-c6cc7cc(C(C)(C)C)cc8ccc9cc(C(C)(C)C)cc6c9c87)cc(-c6cc7cc(C(C)(C)C)cc8ccc9cc(C(C)(C)C)cc6c9c87)c5)cc(c1)c2c34. The van der Waals surface area contributed by atoms with Crippen molar-refractivity contribution in [2.45, 2.75) is 157 Å². The third-order valence-corrected chi connectivity index (χ3v) is 18.0. The van der Waals surface area contributed by atoms with Gasteiger partial charge in [-0.3, -0.25) is 0 Å². The Labute approximate surface area is 463 Å². The highest BCUT2D eigenvalue weighted by Crippen LogP contribution is 2.51. The Balaban J connectivity index is 1.24. The second-order valence-corrected chi connectivity index (χ2v) is 30.0. The second-order valence-electron chi connectivity index (χ2n) is 30.0. The van der Waals surface area contributed by atoms with Crippen molar-refractivity contribution in [2.24, 2.45) is 0 Å². The maximum atomic E-state index is 2.57. The highest BCUT2D eigenvalue weighted by molar-refractivity contribution is 6.30. The molecule has 13 rings (SSSR count). The van der Waals surface area contributed by atoms with E-state index >= 15 is 0 Å². The molecule has 0 radical (unpaired) electrons. The third kappa shape index (κ3) is 7.97. The number of rotatable bonds is 3. The molecule has 0 fully saturated rings. The lowest BCUT2D eigenvalue weighted by atomic mass is 9.78. The lowest BCUT2D eigenvalue weighted by Gasteiger charge is -2.26. The molecule has 0 aliphatic carbocycles. The number of benzene rings is 13. The van der Waals surface area contributed by atoms with Gasteiger partial charge in [-0.2, -0.15) is 0 Å². The van der Waals surface area contributed by atoms with Crippen LogP contribution in [0.25, 0.3) is 130 Å². The topological polar surface area (TPSA) is 0 Å². The van der Waals surface area contributed by atoms with Crippen molar-refractivity contribution in [3.05, 3.63) is 179 Å². The van der Waals surface area contributed by atoms with Gasteiger partial charge < -0.3 is 0 Å². The summed E-state index contributed by atoms with van der Waals surface area (Å²) >= 11 is 0. The minimum Gasteiger partial charge on any atom is -0.0561 e. The monoisotopic (exact) mass is 1010 g/mol. The van der Waals surface area contributed by atoms with Crippen LogP contribution in [0.3, 0.4) is 0 Å². The Hall–Kier alpha value is -7.02. The van der Waals surface area contributed by atoms with Crippen LogP contribution < -0.4 is 0 Å². The van der Waals surface area contributed by atoms with Gasteiger partial charge in [0.05, 0.1) is 0 Å². The molecule has 0 unspecified atom stereocenters. The summed E-state index contributed by atoms with van der Waals surface area (Å²) in [6, 6.07) is 59.6. The molecule has 0 heterocycles. The molecule has 0 spiro atoms. The van der Waals surface area contributed by atoms with E-state index in [1.807, 2.05) is 0 Å². The Morgan fingerprint density at radius 1 is 0.179 bits per heavy atom. The lowest BCUT2D eigenvalue weighted by Crippen LogP contribution is -2.12. The van der Waals surface area contributed by atoms with Gasteiger partial charge in [-0.1, -0.05) is 216 Å². The zero-order valence-electron chi connectivity index (χ0n) is 49.9. The Morgan fingerprint density at radius 3 is 0.564 bits per heavy atom. The van der Waals surface area contributed by atoms with E-state index in [4.69, 9.17) is 0 Å². The van der Waals surface area contributed by atoms with Crippen molar-refractivity contribution in [3.8, 4) is 33.4 Å². The molecule has 13 aromatic carbocycles. The summed E-state index contributed by atoms with van der Waals surface area (Å²) in [5.74, 6) is 0. The van der Waals surface area contributed by atoms with E-state index in [2.05, 4.69) is 270 Å². The summed E-state index contributed by atoms with van der Waals surface area (Å²) in [5.41, 5.74) is 15.5. The highest BCUT2D eigenvalue weighted by atomic mass is 14.3. The van der Waals surface area contributed by atoms with E-state index in [-0.39, 0.29) is 32.5 Å². The summed E-state index contributed by atoms with van der Waals surface area (Å²) in [6.45, 7) is 42.5. The van der Waals surface area contributed by atoms with Gasteiger partial charge in [-0.25, -0.2) is 0 Å². The largest absolute Gasteiger partial charge is 0.0561 e. The molecule has 0 saturated heterocycles. The van der Waals surface area contributed by atoms with Crippen LogP contribution >= 0.6 is 0 Å². The average Bonchev–Trinajstić information content (AvgIpc) is 3.57. The second kappa shape index (κ2) is 16.3. The first kappa shape index (κ1) is 50.5. The van der Waals surface area contributed by atoms with Crippen molar-refractivity contribution < 1.29 is 0 Å². The van der Waals surface area contributed by atoms with Crippen LogP contribution in [0.1, 0.15) is 158 Å². The van der Waals surface area contributed by atoms with Gasteiger partial charge >= 0.3 is 0 Å². The molecule has 0 saturated carbocycles. The molecule has 0 bridgehead atoms. The maximum Gasteiger partial charge on any atom is -0.00204 e. The van der Waals surface area contributed by atoms with Crippen molar-refractivity contribution in [1.29, 1.82) is 0 Å². The molecule has 0 N–H and O–H groups in total. The first-order valence-electron chi connectivity index (χ1n) is 28.9. The van der Waals surface area contributed by atoms with Crippen molar-refractivity contribution in [3.63, 3.8) is 0 Å². The Morgan fingerprint density at radius 2 is 0.359 bits per heavy atom. The molecule has 78 heavy (non-hydrogen) atoms. The lowest BCUT2D eigenvalue weighted by molar-refractivity contribution is 0.591. The molecule has 0 aromatic heterocycles. The summed E-state index contributed by atoms with van der Waals surface area (Å²) in [7, 11) is 0. The fourth-order valence-corrected chi connectivity index (χ4v) is 13.2. The smallest absolute Gasteiger partial charge is 0.00204 e. The molecule has 0 atom stereocenters. The predicted octanol–water partition coefficient (Wildman–Crippen LogP) is 23.2. The number of hydrogen-bond acceptors (Lipinski definition) is 0. The molecule has 390 valence electrons. The van der Waals surface area contributed by atoms with Gasteiger partial charge in [0.15, 0.2) is 0 Å². The van der Waals surface area contributed by atoms with Gasteiger partial charge in [-0.15, -0.1) is 0 Å². The molecule has 0 aliphatic rings. The summed E-state index contributed by atoms with van der Waals surface area (Å²) in [6.07, 6.45) is 0. The van der Waals surface area contributed by atoms with E-state index in [0.29, 0.717) is 0 Å². The third-order valence-electron chi connectivity index (χ3n) is 18.0. The molecule has 13 aromatic rings. The van der Waals surface area contributed by atoms with E-state index < -0.39 is 0 Å². The molecular weight excluding hydrogens is 937 g/mol. The van der Waals surface area contributed by atoms with Crippen LogP contribution in [0, 0.1) is 0 Å². The fourth-order valence-electron chi connectivity index (χ4n) is 13.2. The zero-order chi connectivity index (χ0) is 55.3. The summed E-state index contributed by atoms with van der Waals surface area (Å²) in [4.78, 5) is 0. The molecule has 0 heteroatoms. The minimum atomic E-state index is -0.0541. The highest BCUT2D eigenvalue weighted by Gasteiger charge is 2.28. The van der Waals surface area contributed by atoms with Crippen LogP contribution in [0.2, 0.25) is 0 Å².